The van der Waals surface area contributed by atoms with Crippen molar-refractivity contribution >= 4 is 27.7 Å². The largest absolute Gasteiger partial charge is 1.00 e. The molecule has 0 unspecified atom stereocenters. The van der Waals surface area contributed by atoms with Crippen LogP contribution in [0.4, 0.5) is 0 Å². The normalized spacial score (nSPS) is 14.1. The van der Waals surface area contributed by atoms with Crippen LogP contribution < -0.4 is 18.9 Å². The Balaban J connectivity index is 0. The predicted octanol–water partition coefficient (Wildman–Crippen LogP) is 5.91. The number of hydrogen-bond acceptors (Lipinski definition) is 0. The Hall–Kier alpha value is 0.801. The summed E-state index contributed by atoms with van der Waals surface area (Å²) in [6, 6.07) is 0. The van der Waals surface area contributed by atoms with Gasteiger partial charge in [0, 0.05) is 0 Å². The molecule has 0 aliphatic carbocycles. The van der Waals surface area contributed by atoms with E-state index in [0.29, 0.717) is 0 Å². The Morgan fingerprint density at radius 1 is 0.731 bits per heavy atom. The summed E-state index contributed by atoms with van der Waals surface area (Å²) in [5.74, 6) is 0. The van der Waals surface area contributed by atoms with E-state index in [2.05, 4.69) is 58.8 Å². The Morgan fingerprint density at radius 3 is 1.58 bits per heavy atom. The molecule has 0 atom stereocenters. The average Bonchev–Trinajstić information content (AvgIpc) is 2.48. The first-order valence-corrected chi connectivity index (χ1v) is 17.9. The van der Waals surface area contributed by atoms with Gasteiger partial charge in [0.15, 0.2) is 0 Å². The molecule has 0 rings (SSSR count). The summed E-state index contributed by atoms with van der Waals surface area (Å²) in [5.41, 5.74) is 6.93. The maximum atomic E-state index is 7.00. The number of rotatable bonds is 13. The first-order valence-electron chi connectivity index (χ1n) is 10.6. The molecule has 26 heavy (non-hydrogen) atoms. The van der Waals surface area contributed by atoms with Gasteiger partial charge in [-0.2, -0.15) is 5.57 Å². The van der Waals surface area contributed by atoms with Crippen LogP contribution in [0.2, 0.25) is 39.3 Å². The molecule has 0 aliphatic heterocycles. The van der Waals surface area contributed by atoms with Gasteiger partial charge >= 0.3 is 18.9 Å². The fraction of sp³-hybridized carbons (Fsp3) is 0.818. The second-order valence-corrected chi connectivity index (χ2v) is 20.0. The standard InChI is InChI=1S/C22H44ClSi2.Li/c1-9-11-13-15-17-20(19-24(3,4)5)21(18-16-14-12-10-2)22(23)25(6,7)8;/h9-18H2,1-8H3;/q-1;+1/b22-21-;. The molecular weight excluding hydrogens is 363 g/mol. The van der Waals surface area contributed by atoms with E-state index in [1.807, 2.05) is 0 Å². The Bertz CT molecular complexity index is 428. The SMILES string of the molecule is CCCCCCC(=[C-][Si](C)(C)C)/C(CCCCCC)=C(/Cl)[Si](C)(C)C.[Li+]. The Morgan fingerprint density at radius 2 is 1.19 bits per heavy atom. The van der Waals surface area contributed by atoms with E-state index in [1.54, 1.807) is 0 Å². The molecule has 0 aromatic carbocycles. The maximum absolute atomic E-state index is 7.00. The maximum Gasteiger partial charge on any atom is 1.00 e. The van der Waals surface area contributed by atoms with Crippen LogP contribution >= 0.6 is 11.6 Å². The van der Waals surface area contributed by atoms with Gasteiger partial charge in [-0.25, -0.2) is 5.57 Å². The van der Waals surface area contributed by atoms with Crippen LogP contribution in [0.1, 0.15) is 78.1 Å². The van der Waals surface area contributed by atoms with Crippen molar-refractivity contribution in [2.75, 3.05) is 0 Å². The molecule has 148 valence electrons. The van der Waals surface area contributed by atoms with E-state index in [4.69, 9.17) is 11.6 Å². The van der Waals surface area contributed by atoms with Crippen LogP contribution in [-0.2, 0) is 0 Å². The van der Waals surface area contributed by atoms with Gasteiger partial charge in [-0.3, -0.25) is 5.70 Å². The molecule has 0 saturated carbocycles. The zero-order valence-electron chi connectivity index (χ0n) is 19.4. The zero-order chi connectivity index (χ0) is 19.5. The summed E-state index contributed by atoms with van der Waals surface area (Å²) in [5, 5.41) is 0. The summed E-state index contributed by atoms with van der Waals surface area (Å²) in [4.78, 5) is 0. The van der Waals surface area contributed by atoms with Gasteiger partial charge < -0.3 is 0 Å². The Labute approximate surface area is 184 Å². The number of hydrogen-bond donors (Lipinski definition) is 0. The summed E-state index contributed by atoms with van der Waals surface area (Å²) in [6.45, 7) is 18.9. The minimum Gasteiger partial charge on any atom is -0.276 e. The van der Waals surface area contributed by atoms with Crippen molar-refractivity contribution in [1.82, 2.24) is 0 Å². The van der Waals surface area contributed by atoms with E-state index in [1.165, 1.54) is 73.6 Å². The molecule has 0 fully saturated rings. The molecule has 0 heterocycles. The number of halogens is 1. The molecule has 0 saturated heterocycles. The van der Waals surface area contributed by atoms with Gasteiger partial charge in [0.05, 0.1) is 8.07 Å². The molecule has 0 N–H and O–H groups in total. The molecule has 0 amide bonds. The van der Waals surface area contributed by atoms with Gasteiger partial charge in [0.2, 0.25) is 0 Å². The van der Waals surface area contributed by atoms with Crippen molar-refractivity contribution in [3.05, 3.63) is 21.5 Å². The number of unbranched alkanes of at least 4 members (excludes halogenated alkanes) is 6. The van der Waals surface area contributed by atoms with Gasteiger partial charge in [-0.05, 0) is 8.07 Å². The molecular formula is C22H44ClLiSi2. The minimum absolute atomic E-state index is 0. The molecule has 0 aromatic rings. The molecule has 4 heteroatoms. The minimum atomic E-state index is -1.49. The van der Waals surface area contributed by atoms with E-state index < -0.39 is 16.1 Å². The summed E-state index contributed by atoms with van der Waals surface area (Å²) < 4.78 is 1.21. The van der Waals surface area contributed by atoms with E-state index in [-0.39, 0.29) is 18.9 Å². The summed E-state index contributed by atoms with van der Waals surface area (Å²) in [6.07, 6.45) is 12.8. The molecule has 0 spiro atoms. The quantitative estimate of drug-likeness (QED) is 0.154. The van der Waals surface area contributed by atoms with Crippen LogP contribution in [-0.4, -0.2) is 16.1 Å². The molecule has 0 aliphatic rings. The monoisotopic (exact) mass is 406 g/mol. The fourth-order valence-corrected chi connectivity index (χ4v) is 5.62. The summed E-state index contributed by atoms with van der Waals surface area (Å²) >= 11 is 7.00. The van der Waals surface area contributed by atoms with Gasteiger partial charge in [0.25, 0.3) is 0 Å². The van der Waals surface area contributed by atoms with Crippen LogP contribution in [0.3, 0.4) is 0 Å². The smallest absolute Gasteiger partial charge is 0.276 e. The van der Waals surface area contributed by atoms with Gasteiger partial charge in [0.1, 0.15) is 0 Å². The van der Waals surface area contributed by atoms with Crippen molar-refractivity contribution in [3.8, 4) is 0 Å². The zero-order valence-corrected chi connectivity index (χ0v) is 22.2. The third-order valence-electron chi connectivity index (χ3n) is 4.37. The van der Waals surface area contributed by atoms with Crippen molar-refractivity contribution in [2.24, 2.45) is 0 Å². The van der Waals surface area contributed by atoms with Crippen LogP contribution in [0, 0.1) is 5.70 Å². The van der Waals surface area contributed by atoms with Crippen molar-refractivity contribution in [2.45, 2.75) is 117 Å². The van der Waals surface area contributed by atoms with Crippen LogP contribution in [0.25, 0.3) is 0 Å². The first-order chi connectivity index (χ1) is 11.5. The van der Waals surface area contributed by atoms with Crippen molar-refractivity contribution in [3.63, 3.8) is 0 Å². The summed E-state index contributed by atoms with van der Waals surface area (Å²) in [7, 11) is -2.86. The molecule has 0 radical (unpaired) electrons. The third-order valence-corrected chi connectivity index (χ3v) is 8.97. The van der Waals surface area contributed by atoms with E-state index in [0.717, 1.165) is 6.42 Å². The predicted molar refractivity (Wildman–Crippen MR) is 124 cm³/mol. The van der Waals surface area contributed by atoms with Crippen LogP contribution in [0.15, 0.2) is 15.8 Å². The third kappa shape index (κ3) is 13.9. The number of allylic oxidation sites excluding steroid dienone is 2. The average molecular weight is 407 g/mol. The first kappa shape index (κ1) is 29.0. The van der Waals surface area contributed by atoms with Crippen molar-refractivity contribution in [1.29, 1.82) is 0 Å². The fourth-order valence-electron chi connectivity index (χ4n) is 3.04. The second-order valence-electron chi connectivity index (χ2n) is 9.52. The van der Waals surface area contributed by atoms with E-state index >= 15 is 0 Å². The van der Waals surface area contributed by atoms with Gasteiger partial charge in [-0.1, -0.05) is 122 Å². The topological polar surface area (TPSA) is 0 Å². The van der Waals surface area contributed by atoms with Crippen LogP contribution in [0.5, 0.6) is 0 Å². The molecule has 0 nitrogen and oxygen atoms in total. The van der Waals surface area contributed by atoms with E-state index in [9.17, 15) is 0 Å². The second kappa shape index (κ2) is 14.8. The molecule has 0 bridgehead atoms. The Kier molecular flexibility index (Phi) is 16.5. The van der Waals surface area contributed by atoms with Crippen molar-refractivity contribution < 1.29 is 18.9 Å². The molecule has 0 aromatic heterocycles. The van der Waals surface area contributed by atoms with Gasteiger partial charge in [-0.15, -0.1) is 11.6 Å².